The topological polar surface area (TPSA) is 114 Å². The van der Waals surface area contributed by atoms with E-state index in [9.17, 15) is 22.0 Å². The molecule has 15 heteroatoms. The Hall–Kier alpha value is -2.81. The maximum atomic E-state index is 13.9. The molecule has 2 fully saturated rings. The number of carbonyl (C=O) groups excluding carboxylic acids is 1. The van der Waals surface area contributed by atoms with Crippen LogP contribution in [0.1, 0.15) is 54.0 Å². The van der Waals surface area contributed by atoms with Gasteiger partial charge in [-0.1, -0.05) is 0 Å². The first kappa shape index (κ1) is 36.0. The molecule has 1 aromatic heterocycles. The van der Waals surface area contributed by atoms with Crippen LogP contribution in [0.3, 0.4) is 0 Å². The van der Waals surface area contributed by atoms with Crippen molar-refractivity contribution in [2.75, 3.05) is 56.5 Å². The standard InChI is InChI=1S/C31H39F2N7O3S.2ClH/c1-31(2)30-26(19-40(31)44(42,43)24-15-20(32)14-21(33)16-24)28(36-37-30)18-29(41)25-5-4-23(39-12-10-38(3)11-13-39)17-27(25)35-22-6-8-34-9-7-22;;/h4-5,14-17,22,34-35H,6-13,18-19H2,1-3H3,(H,36,37);2*1H. The highest BCUT2D eigenvalue weighted by atomic mass is 35.5. The summed E-state index contributed by atoms with van der Waals surface area (Å²) in [7, 11) is -2.16. The van der Waals surface area contributed by atoms with Gasteiger partial charge in [0.05, 0.1) is 22.5 Å². The highest BCUT2D eigenvalue weighted by Gasteiger charge is 2.48. The number of benzene rings is 2. The fourth-order valence-corrected chi connectivity index (χ4v) is 8.24. The van der Waals surface area contributed by atoms with Crippen LogP contribution in [-0.4, -0.2) is 86.0 Å². The second-order valence-electron chi connectivity index (χ2n) is 12.5. The van der Waals surface area contributed by atoms with E-state index in [0.717, 1.165) is 75.6 Å². The molecule has 0 unspecified atom stereocenters. The van der Waals surface area contributed by atoms with Gasteiger partial charge < -0.3 is 20.4 Å². The Labute approximate surface area is 281 Å². The van der Waals surface area contributed by atoms with Gasteiger partial charge in [-0.3, -0.25) is 9.89 Å². The lowest BCUT2D eigenvalue weighted by Crippen LogP contribution is -2.44. The maximum Gasteiger partial charge on any atom is 0.244 e. The van der Waals surface area contributed by atoms with E-state index in [-0.39, 0.29) is 49.6 Å². The number of hydrogen-bond acceptors (Lipinski definition) is 8. The zero-order chi connectivity index (χ0) is 31.2. The number of halogens is 4. The molecule has 0 radical (unpaired) electrons. The van der Waals surface area contributed by atoms with Gasteiger partial charge in [0.15, 0.2) is 5.78 Å². The van der Waals surface area contributed by atoms with Gasteiger partial charge in [-0.2, -0.15) is 9.40 Å². The third-order valence-corrected chi connectivity index (χ3v) is 11.1. The minimum Gasteiger partial charge on any atom is -0.382 e. The number of rotatable bonds is 8. The zero-order valence-corrected chi connectivity index (χ0v) is 28.6. The van der Waals surface area contributed by atoms with Gasteiger partial charge in [-0.05, 0) is 77.2 Å². The normalized spacial score (nSPS) is 18.8. The Kier molecular flexibility index (Phi) is 11.1. The number of Topliss-reactive ketones (excluding diaryl/α,β-unsaturated/α-hetero) is 1. The predicted octanol–water partition coefficient (Wildman–Crippen LogP) is 4.31. The molecule has 0 bridgehead atoms. The average molecular weight is 701 g/mol. The van der Waals surface area contributed by atoms with E-state index in [2.05, 4.69) is 43.7 Å². The first-order chi connectivity index (χ1) is 20.9. The molecule has 0 amide bonds. The van der Waals surface area contributed by atoms with E-state index in [1.165, 1.54) is 4.31 Å². The van der Waals surface area contributed by atoms with Crippen LogP contribution in [0.5, 0.6) is 0 Å². The highest BCUT2D eigenvalue weighted by Crippen LogP contribution is 2.43. The Balaban J connectivity index is 0.00000240. The average Bonchev–Trinajstić information content (AvgIpc) is 3.51. The molecule has 10 nitrogen and oxygen atoms in total. The monoisotopic (exact) mass is 699 g/mol. The van der Waals surface area contributed by atoms with Crippen molar-refractivity contribution < 1.29 is 22.0 Å². The van der Waals surface area contributed by atoms with Crippen molar-refractivity contribution in [2.24, 2.45) is 0 Å². The summed E-state index contributed by atoms with van der Waals surface area (Å²) in [6, 6.07) is 8.46. The van der Waals surface area contributed by atoms with Crippen LogP contribution in [0, 0.1) is 11.6 Å². The second kappa shape index (κ2) is 14.1. The Bertz CT molecular complexity index is 1650. The van der Waals surface area contributed by atoms with Crippen LogP contribution < -0.4 is 15.5 Å². The summed E-state index contributed by atoms with van der Waals surface area (Å²) in [6.07, 6.45) is 1.90. The summed E-state index contributed by atoms with van der Waals surface area (Å²) in [5.41, 5.74) is 2.95. The van der Waals surface area contributed by atoms with Crippen LogP contribution in [0.15, 0.2) is 41.3 Å². The third kappa shape index (κ3) is 7.04. The fourth-order valence-electron chi connectivity index (χ4n) is 6.47. The van der Waals surface area contributed by atoms with Crippen LogP contribution in [0.2, 0.25) is 0 Å². The maximum absolute atomic E-state index is 13.9. The number of fused-ring (bicyclic) bond motifs is 1. The summed E-state index contributed by atoms with van der Waals surface area (Å²) >= 11 is 0. The molecule has 4 heterocycles. The lowest BCUT2D eigenvalue weighted by Gasteiger charge is -2.34. The molecule has 252 valence electrons. The third-order valence-electron chi connectivity index (χ3n) is 9.09. The van der Waals surface area contributed by atoms with Crippen LogP contribution in [0.4, 0.5) is 20.2 Å². The number of hydrogen-bond donors (Lipinski definition) is 3. The van der Waals surface area contributed by atoms with Crippen molar-refractivity contribution in [3.05, 3.63) is 70.5 Å². The predicted molar refractivity (Wildman–Crippen MR) is 179 cm³/mol. The molecule has 0 atom stereocenters. The number of likely N-dealkylation sites (N-methyl/N-ethyl adjacent to an activating group) is 1. The summed E-state index contributed by atoms with van der Waals surface area (Å²) in [5, 5.41) is 14.4. The summed E-state index contributed by atoms with van der Waals surface area (Å²) in [5.74, 6) is -2.07. The van der Waals surface area contributed by atoms with E-state index in [4.69, 9.17) is 0 Å². The van der Waals surface area contributed by atoms with Crippen molar-refractivity contribution in [2.45, 2.75) is 56.1 Å². The Morgan fingerprint density at radius 2 is 1.67 bits per heavy atom. The molecule has 46 heavy (non-hydrogen) atoms. The van der Waals surface area contributed by atoms with Crippen molar-refractivity contribution in [3.63, 3.8) is 0 Å². The van der Waals surface area contributed by atoms with Crippen LogP contribution in [-0.2, 0) is 28.5 Å². The molecule has 0 aliphatic carbocycles. The number of anilines is 2. The molecule has 2 aromatic carbocycles. The molecular weight excluding hydrogens is 659 g/mol. The minimum atomic E-state index is -4.28. The summed E-state index contributed by atoms with van der Waals surface area (Å²) in [6.45, 7) is 8.90. The quantitative estimate of drug-likeness (QED) is 0.298. The van der Waals surface area contributed by atoms with E-state index < -0.39 is 32.1 Å². The minimum absolute atomic E-state index is 0. The second-order valence-corrected chi connectivity index (χ2v) is 14.4. The van der Waals surface area contributed by atoms with Crippen LogP contribution >= 0.6 is 24.8 Å². The van der Waals surface area contributed by atoms with Gasteiger partial charge in [-0.25, -0.2) is 17.2 Å². The number of aromatic nitrogens is 2. The van der Waals surface area contributed by atoms with Crippen molar-refractivity contribution in [3.8, 4) is 0 Å². The number of ketones is 1. The number of aromatic amines is 1. The molecular formula is C31H41Cl2F2N7O3S. The zero-order valence-electron chi connectivity index (χ0n) is 26.1. The summed E-state index contributed by atoms with van der Waals surface area (Å²) < 4.78 is 56.2. The van der Waals surface area contributed by atoms with Gasteiger partial charge in [0.25, 0.3) is 0 Å². The molecule has 3 aliphatic rings. The smallest absolute Gasteiger partial charge is 0.244 e. The summed E-state index contributed by atoms with van der Waals surface area (Å²) in [4.78, 5) is 18.1. The first-order valence-corrected chi connectivity index (χ1v) is 16.5. The lowest BCUT2D eigenvalue weighted by molar-refractivity contribution is 0.0992. The Morgan fingerprint density at radius 3 is 2.33 bits per heavy atom. The van der Waals surface area contributed by atoms with Gasteiger partial charge in [0.1, 0.15) is 11.6 Å². The van der Waals surface area contributed by atoms with E-state index in [0.29, 0.717) is 28.6 Å². The van der Waals surface area contributed by atoms with Crippen LogP contribution in [0.25, 0.3) is 0 Å². The van der Waals surface area contributed by atoms with Gasteiger partial charge >= 0.3 is 0 Å². The molecule has 0 spiro atoms. The molecule has 3 N–H and O–H groups in total. The molecule has 2 saturated heterocycles. The van der Waals surface area contributed by atoms with Gasteiger partial charge in [0, 0.05) is 73.0 Å². The molecule has 3 aromatic rings. The largest absolute Gasteiger partial charge is 0.382 e. The van der Waals surface area contributed by atoms with E-state index >= 15 is 0 Å². The van der Waals surface area contributed by atoms with Gasteiger partial charge in [-0.15, -0.1) is 24.8 Å². The number of piperidine rings is 1. The number of nitrogens with one attached hydrogen (secondary N) is 3. The highest BCUT2D eigenvalue weighted by molar-refractivity contribution is 7.89. The molecule has 3 aliphatic heterocycles. The SMILES string of the molecule is CN1CCN(c2ccc(C(=O)Cc3[nH]nc4c3CN(S(=O)(=O)c3cc(F)cc(F)c3)C4(C)C)c(NC3CCNCC3)c2)CC1.Cl.Cl. The number of piperazine rings is 1. The number of sulfonamides is 1. The Morgan fingerprint density at radius 1 is 1.02 bits per heavy atom. The fraction of sp³-hybridized carbons (Fsp3) is 0.484. The number of carbonyl (C=O) groups is 1. The van der Waals surface area contributed by atoms with E-state index in [1.807, 2.05) is 12.1 Å². The van der Waals surface area contributed by atoms with Crippen molar-refractivity contribution in [1.82, 2.24) is 24.7 Å². The first-order valence-electron chi connectivity index (χ1n) is 15.1. The van der Waals surface area contributed by atoms with Gasteiger partial charge in [0.2, 0.25) is 10.0 Å². The van der Waals surface area contributed by atoms with Crippen molar-refractivity contribution >= 4 is 52.0 Å². The molecule has 0 saturated carbocycles. The lowest BCUT2D eigenvalue weighted by atomic mass is 9.98. The number of H-pyrrole nitrogens is 1. The van der Waals surface area contributed by atoms with E-state index in [1.54, 1.807) is 13.8 Å². The molecule has 6 rings (SSSR count). The van der Waals surface area contributed by atoms with Crippen molar-refractivity contribution in [1.29, 1.82) is 0 Å². The number of nitrogens with zero attached hydrogens (tertiary/aromatic N) is 4.